The summed E-state index contributed by atoms with van der Waals surface area (Å²) in [5.41, 5.74) is 17.6. The number of nitrogens with two attached hydrogens (primary N) is 3. The normalized spacial score (nSPS) is 12.6. The molecule has 1 aromatic carbocycles. The van der Waals surface area contributed by atoms with Crippen LogP contribution in [-0.2, 0) is 16.0 Å². The van der Waals surface area contributed by atoms with Crippen LogP contribution in [0.3, 0.4) is 0 Å². The first-order valence-corrected chi connectivity index (χ1v) is 9.76. The molecule has 0 fully saturated rings. The third-order valence-electron chi connectivity index (χ3n) is 4.56. The van der Waals surface area contributed by atoms with Crippen LogP contribution >= 0.6 is 0 Å². The summed E-state index contributed by atoms with van der Waals surface area (Å²) in [4.78, 5) is 41.2. The predicted octanol–water partition coefficient (Wildman–Crippen LogP) is 0.104. The van der Waals surface area contributed by atoms with Crippen molar-refractivity contribution in [3.63, 3.8) is 0 Å². The Morgan fingerprint density at radius 3 is 2.30 bits per heavy atom. The van der Waals surface area contributed by atoms with E-state index in [0.29, 0.717) is 25.8 Å². The summed E-state index contributed by atoms with van der Waals surface area (Å²) >= 11 is 0. The van der Waals surface area contributed by atoms with Crippen LogP contribution in [-0.4, -0.2) is 41.3 Å². The monoisotopic (exact) mass is 412 g/mol. The van der Waals surface area contributed by atoms with Gasteiger partial charge >= 0.3 is 0 Å². The van der Waals surface area contributed by atoms with Crippen molar-refractivity contribution in [1.29, 1.82) is 0 Å². The van der Waals surface area contributed by atoms with Gasteiger partial charge in [0, 0.05) is 12.6 Å². The molecule has 0 bridgehead atoms. The molecule has 1 heterocycles. The lowest BCUT2D eigenvalue weighted by Crippen LogP contribution is -2.53. The van der Waals surface area contributed by atoms with Gasteiger partial charge < -0.3 is 27.8 Å². The van der Waals surface area contributed by atoms with Gasteiger partial charge in [0.15, 0.2) is 0 Å². The molecule has 9 heteroatoms. The Balaban J connectivity index is 2.14. The summed E-state index contributed by atoms with van der Waals surface area (Å²) < 4.78 is 0. The van der Waals surface area contributed by atoms with E-state index < -0.39 is 29.8 Å². The third-order valence-corrected chi connectivity index (χ3v) is 4.56. The number of hydrogen-bond donors (Lipinski definition) is 5. The number of benzene rings is 1. The van der Waals surface area contributed by atoms with Crippen molar-refractivity contribution in [3.8, 4) is 0 Å². The highest BCUT2D eigenvalue weighted by Gasteiger charge is 2.26. The van der Waals surface area contributed by atoms with Gasteiger partial charge in [0.05, 0.1) is 5.56 Å². The molecule has 0 aliphatic rings. The molecule has 2 rings (SSSR count). The molecule has 0 radical (unpaired) electrons. The van der Waals surface area contributed by atoms with Crippen LogP contribution in [0, 0.1) is 0 Å². The summed E-state index contributed by atoms with van der Waals surface area (Å²) in [6.07, 6.45) is 3.33. The van der Waals surface area contributed by atoms with Gasteiger partial charge in [-0.05, 0) is 43.5 Å². The van der Waals surface area contributed by atoms with Crippen LogP contribution in [0.1, 0.15) is 35.2 Å². The smallest absolute Gasteiger partial charge is 0.253 e. The molecule has 0 saturated carbocycles. The van der Waals surface area contributed by atoms with Crippen LogP contribution in [0.4, 0.5) is 5.82 Å². The second kappa shape index (κ2) is 11.5. The fraction of sp³-hybridized carbons (Fsp3) is 0.333. The highest BCUT2D eigenvalue weighted by molar-refractivity contribution is 5.98. The lowest BCUT2D eigenvalue weighted by molar-refractivity contribution is -0.128. The predicted molar refractivity (Wildman–Crippen MR) is 114 cm³/mol. The highest BCUT2D eigenvalue weighted by atomic mass is 16.2. The topological polar surface area (TPSA) is 166 Å². The van der Waals surface area contributed by atoms with Gasteiger partial charge in [-0.2, -0.15) is 0 Å². The summed E-state index contributed by atoms with van der Waals surface area (Å²) in [6, 6.07) is 10.5. The molecule has 2 atom stereocenters. The van der Waals surface area contributed by atoms with Crippen molar-refractivity contribution < 1.29 is 14.4 Å². The maximum atomic E-state index is 12.9. The van der Waals surface area contributed by atoms with Crippen LogP contribution in [0.5, 0.6) is 0 Å². The van der Waals surface area contributed by atoms with Gasteiger partial charge in [0.25, 0.3) is 5.91 Å². The van der Waals surface area contributed by atoms with Crippen LogP contribution in [0.15, 0.2) is 48.7 Å². The van der Waals surface area contributed by atoms with Crippen LogP contribution in [0.2, 0.25) is 0 Å². The van der Waals surface area contributed by atoms with Gasteiger partial charge in [-0.25, -0.2) is 4.98 Å². The number of amides is 3. The number of unbranched alkanes of at least 4 members (excludes halogenated alkanes) is 1. The fourth-order valence-corrected chi connectivity index (χ4v) is 2.89. The number of carbonyl (C=O) groups is 3. The Labute approximate surface area is 175 Å². The lowest BCUT2D eigenvalue weighted by atomic mass is 10.0. The first-order valence-electron chi connectivity index (χ1n) is 9.76. The molecule has 160 valence electrons. The van der Waals surface area contributed by atoms with E-state index in [0.717, 1.165) is 5.56 Å². The molecule has 3 amide bonds. The molecule has 0 unspecified atom stereocenters. The van der Waals surface area contributed by atoms with Crippen molar-refractivity contribution in [2.24, 2.45) is 11.5 Å². The Morgan fingerprint density at radius 2 is 1.70 bits per heavy atom. The van der Waals surface area contributed by atoms with E-state index in [1.54, 1.807) is 0 Å². The van der Waals surface area contributed by atoms with Crippen LogP contribution < -0.4 is 27.8 Å². The first-order chi connectivity index (χ1) is 14.4. The standard InChI is InChI=1S/C21H28N6O3/c22-11-5-4-8-16(19(24)28)26-21(30)17(12-14-6-2-1-3-7-14)27-20(29)15-9-10-18(23)25-13-15/h1-3,6-7,9-10,13,16-17H,4-5,8,11-12,22H2,(H2,23,25)(H2,24,28)(H,26,30)(H,27,29)/t16-,17-/m0/s1. The number of primary amides is 1. The highest BCUT2D eigenvalue weighted by Crippen LogP contribution is 2.08. The van der Waals surface area contributed by atoms with E-state index in [2.05, 4.69) is 15.6 Å². The minimum absolute atomic E-state index is 0.245. The number of anilines is 1. The maximum Gasteiger partial charge on any atom is 0.253 e. The zero-order valence-corrected chi connectivity index (χ0v) is 16.7. The quantitative estimate of drug-likeness (QED) is 0.328. The summed E-state index contributed by atoms with van der Waals surface area (Å²) in [7, 11) is 0. The molecule has 2 aromatic rings. The van der Waals surface area contributed by atoms with Crippen molar-refractivity contribution in [1.82, 2.24) is 15.6 Å². The van der Waals surface area contributed by atoms with E-state index in [-0.39, 0.29) is 17.8 Å². The van der Waals surface area contributed by atoms with E-state index in [4.69, 9.17) is 17.2 Å². The second-order valence-corrected chi connectivity index (χ2v) is 6.94. The zero-order valence-electron chi connectivity index (χ0n) is 16.7. The van der Waals surface area contributed by atoms with Crippen LogP contribution in [0.25, 0.3) is 0 Å². The molecular formula is C21H28N6O3. The molecule has 0 aliphatic carbocycles. The molecule has 1 aromatic heterocycles. The number of hydrogen-bond acceptors (Lipinski definition) is 6. The van der Waals surface area contributed by atoms with Gasteiger partial charge in [0.2, 0.25) is 11.8 Å². The zero-order chi connectivity index (χ0) is 21.9. The number of nitrogen functional groups attached to an aromatic ring is 1. The fourth-order valence-electron chi connectivity index (χ4n) is 2.89. The molecule has 9 nitrogen and oxygen atoms in total. The number of nitrogens with zero attached hydrogens (tertiary/aromatic N) is 1. The van der Waals surface area contributed by atoms with Gasteiger partial charge in [-0.3, -0.25) is 14.4 Å². The summed E-state index contributed by atoms with van der Waals surface area (Å²) in [5, 5.41) is 5.37. The largest absolute Gasteiger partial charge is 0.384 e. The van der Waals surface area contributed by atoms with Crippen molar-refractivity contribution in [2.45, 2.75) is 37.8 Å². The second-order valence-electron chi connectivity index (χ2n) is 6.94. The van der Waals surface area contributed by atoms with Gasteiger partial charge in [-0.1, -0.05) is 30.3 Å². The molecule has 0 saturated heterocycles. The minimum atomic E-state index is -0.909. The summed E-state index contributed by atoms with van der Waals surface area (Å²) in [5.74, 6) is -1.32. The maximum absolute atomic E-state index is 12.9. The number of rotatable bonds is 11. The van der Waals surface area contributed by atoms with E-state index >= 15 is 0 Å². The molecule has 0 aliphatic heterocycles. The van der Waals surface area contributed by atoms with Crippen molar-refractivity contribution in [2.75, 3.05) is 12.3 Å². The average molecular weight is 412 g/mol. The van der Waals surface area contributed by atoms with Crippen molar-refractivity contribution >= 4 is 23.5 Å². The van der Waals surface area contributed by atoms with Crippen molar-refractivity contribution in [3.05, 3.63) is 59.8 Å². The molecule has 30 heavy (non-hydrogen) atoms. The molecule has 8 N–H and O–H groups in total. The first kappa shape index (κ1) is 22.8. The Hall–Kier alpha value is -3.46. The lowest BCUT2D eigenvalue weighted by Gasteiger charge is -2.22. The molecule has 0 spiro atoms. The van der Waals surface area contributed by atoms with Gasteiger partial charge in [-0.15, -0.1) is 0 Å². The minimum Gasteiger partial charge on any atom is -0.384 e. The number of carbonyl (C=O) groups excluding carboxylic acids is 3. The Morgan fingerprint density at radius 1 is 0.967 bits per heavy atom. The SMILES string of the molecule is NCCCC[C@H](NC(=O)[C@H](Cc1ccccc1)NC(=O)c1ccc(N)nc1)C(N)=O. The molecular weight excluding hydrogens is 384 g/mol. The van der Waals surface area contributed by atoms with E-state index in [9.17, 15) is 14.4 Å². The average Bonchev–Trinajstić information content (AvgIpc) is 2.73. The number of aromatic nitrogens is 1. The third kappa shape index (κ3) is 7.17. The number of pyridine rings is 1. The summed E-state index contributed by atoms with van der Waals surface area (Å²) in [6.45, 7) is 0.488. The van der Waals surface area contributed by atoms with Gasteiger partial charge in [0.1, 0.15) is 17.9 Å². The van der Waals surface area contributed by atoms with E-state index in [1.807, 2.05) is 30.3 Å². The van der Waals surface area contributed by atoms with E-state index in [1.165, 1.54) is 18.3 Å². The Bertz CT molecular complexity index is 842. The number of nitrogens with one attached hydrogen (secondary N) is 2. The Kier molecular flexibility index (Phi) is 8.76.